The fourth-order valence-corrected chi connectivity index (χ4v) is 4.72. The molecule has 0 saturated carbocycles. The Morgan fingerprint density at radius 2 is 1.65 bits per heavy atom. The summed E-state index contributed by atoms with van der Waals surface area (Å²) in [4.78, 5) is 28.1. The highest BCUT2D eigenvalue weighted by Crippen LogP contribution is 2.33. The Morgan fingerprint density at radius 3 is 2.21 bits per heavy atom. The van der Waals surface area contributed by atoms with Gasteiger partial charge in [0.15, 0.2) is 0 Å². The lowest BCUT2D eigenvalue weighted by Gasteiger charge is -2.33. The van der Waals surface area contributed by atoms with Crippen LogP contribution in [0.1, 0.15) is 39.2 Å². The first-order valence-corrected chi connectivity index (χ1v) is 13.6. The number of carbonyl (C=O) groups excluding carboxylic acids is 2. The van der Waals surface area contributed by atoms with Crippen LogP contribution in [0.5, 0.6) is 0 Å². The number of hydrogen-bond donors (Lipinski definition) is 1. The highest BCUT2D eigenvalue weighted by atomic mass is 35.5. The van der Waals surface area contributed by atoms with Crippen molar-refractivity contribution in [1.82, 2.24) is 10.2 Å². The molecular formula is C24H31Cl2N3O4S. The number of nitrogens with zero attached hydrogens (tertiary/aromatic N) is 2. The second-order valence-corrected chi connectivity index (χ2v) is 10.8. The van der Waals surface area contributed by atoms with Crippen LogP contribution in [0.15, 0.2) is 48.5 Å². The van der Waals surface area contributed by atoms with Crippen molar-refractivity contribution in [3.63, 3.8) is 0 Å². The maximum absolute atomic E-state index is 13.6. The topological polar surface area (TPSA) is 86.8 Å². The van der Waals surface area contributed by atoms with Crippen molar-refractivity contribution in [3.05, 3.63) is 64.1 Å². The monoisotopic (exact) mass is 527 g/mol. The number of carbonyl (C=O) groups is 2. The van der Waals surface area contributed by atoms with E-state index in [4.69, 9.17) is 23.2 Å². The molecular weight excluding hydrogens is 497 g/mol. The van der Waals surface area contributed by atoms with Gasteiger partial charge in [-0.25, -0.2) is 8.42 Å². The van der Waals surface area contributed by atoms with Crippen molar-refractivity contribution >= 4 is 50.7 Å². The largest absolute Gasteiger partial charge is 0.352 e. The van der Waals surface area contributed by atoms with Gasteiger partial charge in [0, 0.05) is 12.6 Å². The highest BCUT2D eigenvalue weighted by molar-refractivity contribution is 7.92. The van der Waals surface area contributed by atoms with E-state index in [0.29, 0.717) is 6.42 Å². The van der Waals surface area contributed by atoms with Crippen molar-refractivity contribution in [1.29, 1.82) is 0 Å². The molecule has 0 radical (unpaired) electrons. The van der Waals surface area contributed by atoms with E-state index in [0.717, 1.165) is 22.5 Å². The van der Waals surface area contributed by atoms with Gasteiger partial charge < -0.3 is 10.2 Å². The van der Waals surface area contributed by atoms with E-state index in [9.17, 15) is 18.0 Å². The molecule has 0 fully saturated rings. The molecule has 0 spiro atoms. The second kappa shape index (κ2) is 12.4. The van der Waals surface area contributed by atoms with Gasteiger partial charge >= 0.3 is 0 Å². The smallest absolute Gasteiger partial charge is 0.244 e. The molecule has 0 heterocycles. The molecule has 2 aromatic rings. The second-order valence-electron chi connectivity index (χ2n) is 8.09. The number of anilines is 1. The van der Waals surface area contributed by atoms with Crippen molar-refractivity contribution in [3.8, 4) is 0 Å². The van der Waals surface area contributed by atoms with Crippen LogP contribution in [-0.4, -0.2) is 50.0 Å². The van der Waals surface area contributed by atoms with E-state index >= 15 is 0 Å². The molecule has 10 heteroatoms. The number of amides is 2. The minimum atomic E-state index is -3.89. The van der Waals surface area contributed by atoms with Crippen LogP contribution < -0.4 is 9.62 Å². The number of rotatable bonds is 11. The number of nitrogens with one attached hydrogen (secondary N) is 1. The predicted molar refractivity (Wildman–Crippen MR) is 138 cm³/mol. The van der Waals surface area contributed by atoms with E-state index in [-0.39, 0.29) is 34.2 Å². The lowest BCUT2D eigenvalue weighted by molar-refractivity contribution is -0.140. The van der Waals surface area contributed by atoms with Crippen LogP contribution in [0.2, 0.25) is 10.0 Å². The molecule has 2 amide bonds. The maximum atomic E-state index is 13.6. The fourth-order valence-electron chi connectivity index (χ4n) is 3.42. The molecule has 2 atom stereocenters. The first kappa shape index (κ1) is 28.0. The molecule has 1 N–H and O–H groups in total. The third-order valence-electron chi connectivity index (χ3n) is 5.46. The number of benzene rings is 2. The van der Waals surface area contributed by atoms with Crippen molar-refractivity contribution in [2.45, 2.75) is 52.2 Å². The molecule has 0 saturated heterocycles. The Bertz CT molecular complexity index is 1100. The fraction of sp³-hybridized carbons (Fsp3) is 0.417. The van der Waals surface area contributed by atoms with Gasteiger partial charge in [-0.2, -0.15) is 0 Å². The number of sulfonamides is 1. The van der Waals surface area contributed by atoms with Gasteiger partial charge in [-0.15, -0.1) is 0 Å². The molecule has 7 nitrogen and oxygen atoms in total. The van der Waals surface area contributed by atoms with E-state index in [1.165, 1.54) is 17.0 Å². The van der Waals surface area contributed by atoms with Crippen LogP contribution in [0, 0.1) is 0 Å². The normalized spacial score (nSPS) is 13.1. The minimum Gasteiger partial charge on any atom is -0.352 e. The Morgan fingerprint density at radius 1 is 1.00 bits per heavy atom. The van der Waals surface area contributed by atoms with Gasteiger partial charge in [-0.05, 0) is 37.5 Å². The average molecular weight is 529 g/mol. The van der Waals surface area contributed by atoms with E-state index in [1.807, 2.05) is 51.1 Å². The molecule has 186 valence electrons. The predicted octanol–water partition coefficient (Wildman–Crippen LogP) is 4.48. The van der Waals surface area contributed by atoms with Crippen LogP contribution in [0.3, 0.4) is 0 Å². The summed E-state index contributed by atoms with van der Waals surface area (Å²) in [7, 11) is -3.89. The lowest BCUT2D eigenvalue weighted by atomic mass is 10.1. The highest BCUT2D eigenvalue weighted by Gasteiger charge is 2.32. The summed E-state index contributed by atoms with van der Waals surface area (Å²) < 4.78 is 26.2. The zero-order valence-electron chi connectivity index (χ0n) is 19.8. The number of hydrogen-bond acceptors (Lipinski definition) is 4. The molecule has 0 aromatic heterocycles. The third kappa shape index (κ3) is 7.35. The van der Waals surface area contributed by atoms with Crippen molar-refractivity contribution in [2.75, 3.05) is 17.1 Å². The molecule has 0 aliphatic rings. The Kier molecular flexibility index (Phi) is 10.2. The van der Waals surface area contributed by atoms with Gasteiger partial charge in [0.2, 0.25) is 21.8 Å². The summed E-state index contributed by atoms with van der Waals surface area (Å²) in [5.74, 6) is -0.815. The van der Waals surface area contributed by atoms with E-state index in [1.54, 1.807) is 6.07 Å². The number of halogens is 2. The maximum Gasteiger partial charge on any atom is 0.244 e. The molecule has 0 aliphatic heterocycles. The summed E-state index contributed by atoms with van der Waals surface area (Å²) >= 11 is 12.4. The molecule has 34 heavy (non-hydrogen) atoms. The SMILES string of the molecule is CC[C@@H](C)NC(=O)[C@H](CC)N(Cc1ccccc1)C(=O)CN(c1cccc(Cl)c1Cl)S(C)(=O)=O. The first-order valence-electron chi connectivity index (χ1n) is 11.0. The third-order valence-corrected chi connectivity index (χ3v) is 7.40. The van der Waals surface area contributed by atoms with Crippen molar-refractivity contribution < 1.29 is 18.0 Å². The van der Waals surface area contributed by atoms with Crippen molar-refractivity contribution in [2.24, 2.45) is 0 Å². The van der Waals surface area contributed by atoms with Gasteiger partial charge in [-0.3, -0.25) is 13.9 Å². The zero-order valence-corrected chi connectivity index (χ0v) is 22.1. The molecule has 2 rings (SSSR count). The van der Waals surface area contributed by atoms with Crippen LogP contribution in [0.4, 0.5) is 5.69 Å². The van der Waals surface area contributed by atoms with Gasteiger partial charge in [0.05, 0.1) is 22.0 Å². The molecule has 0 bridgehead atoms. The summed E-state index contributed by atoms with van der Waals surface area (Å²) in [6.45, 7) is 5.28. The minimum absolute atomic E-state index is 0.0264. The van der Waals surface area contributed by atoms with Gasteiger partial charge in [0.25, 0.3) is 0 Å². The zero-order chi connectivity index (χ0) is 25.5. The van der Waals surface area contributed by atoms with Gasteiger partial charge in [-0.1, -0.05) is 73.4 Å². The van der Waals surface area contributed by atoms with E-state index < -0.39 is 28.5 Å². The summed E-state index contributed by atoms with van der Waals surface area (Å²) in [6, 6.07) is 13.0. The van der Waals surface area contributed by atoms with Crippen LogP contribution in [0.25, 0.3) is 0 Å². The molecule has 2 aromatic carbocycles. The Labute approximate surface area is 212 Å². The summed E-state index contributed by atoms with van der Waals surface area (Å²) in [5, 5.41) is 3.12. The van der Waals surface area contributed by atoms with Crippen LogP contribution >= 0.6 is 23.2 Å². The standard InChI is InChI=1S/C24H31Cl2N3O4S/c1-5-17(3)27-24(31)20(6-2)28(15-18-11-8-7-9-12-18)22(30)16-29(34(4,32)33)21-14-10-13-19(25)23(21)26/h7-14,17,20H,5-6,15-16H2,1-4H3,(H,27,31)/t17-,20+/m1/s1. The van der Waals surface area contributed by atoms with Gasteiger partial charge in [0.1, 0.15) is 12.6 Å². The first-order chi connectivity index (χ1) is 16.0. The summed E-state index contributed by atoms with van der Waals surface area (Å²) in [5.41, 5.74) is 0.916. The molecule has 0 unspecified atom stereocenters. The summed E-state index contributed by atoms with van der Waals surface area (Å²) in [6.07, 6.45) is 2.09. The average Bonchev–Trinajstić information content (AvgIpc) is 2.79. The Balaban J connectivity index is 2.46. The van der Waals surface area contributed by atoms with Crippen LogP contribution in [-0.2, 0) is 26.2 Å². The molecule has 0 aliphatic carbocycles. The quantitative estimate of drug-likeness (QED) is 0.466. The lowest BCUT2D eigenvalue weighted by Crippen LogP contribution is -2.53. The Hall–Kier alpha value is -2.29. The van der Waals surface area contributed by atoms with E-state index in [2.05, 4.69) is 5.32 Å².